The maximum absolute atomic E-state index is 5.79. The molecule has 1 saturated heterocycles. The first kappa shape index (κ1) is 8.56. The lowest BCUT2D eigenvalue weighted by Crippen LogP contribution is -2.27. The number of hydrogen-bond acceptors (Lipinski definition) is 3. The Balaban J connectivity index is 2.31. The number of rotatable bonds is 1. The quantitative estimate of drug-likeness (QED) is 0.705. The molecule has 0 aliphatic carbocycles. The summed E-state index contributed by atoms with van der Waals surface area (Å²) in [6.07, 6.45) is 1.73. The predicted octanol–water partition coefficient (Wildman–Crippen LogP) is 1.06. The van der Waals surface area contributed by atoms with Gasteiger partial charge in [0.05, 0.1) is 25.5 Å². The van der Waals surface area contributed by atoms with Gasteiger partial charge in [-0.25, -0.2) is 4.68 Å². The second-order valence-corrected chi connectivity index (χ2v) is 4.22. The fourth-order valence-electron chi connectivity index (χ4n) is 1.74. The Morgan fingerprint density at radius 3 is 2.92 bits per heavy atom. The lowest BCUT2D eigenvalue weighted by atomic mass is 9.88. The summed E-state index contributed by atoms with van der Waals surface area (Å²) in [5.41, 5.74) is 5.91. The van der Waals surface area contributed by atoms with Crippen molar-refractivity contribution in [2.24, 2.45) is 5.41 Å². The average molecular weight is 181 g/mol. The van der Waals surface area contributed by atoms with Crippen molar-refractivity contribution >= 4 is 5.82 Å². The van der Waals surface area contributed by atoms with Crippen molar-refractivity contribution in [1.29, 1.82) is 0 Å². The first-order chi connectivity index (χ1) is 6.11. The molecule has 4 heteroatoms. The van der Waals surface area contributed by atoms with Gasteiger partial charge in [-0.05, 0) is 6.07 Å². The van der Waals surface area contributed by atoms with Crippen molar-refractivity contribution in [1.82, 2.24) is 9.78 Å². The van der Waals surface area contributed by atoms with Crippen molar-refractivity contribution < 1.29 is 4.74 Å². The molecule has 0 radical (unpaired) electrons. The zero-order valence-electron chi connectivity index (χ0n) is 8.03. The van der Waals surface area contributed by atoms with Gasteiger partial charge in [-0.1, -0.05) is 13.8 Å². The van der Waals surface area contributed by atoms with Gasteiger partial charge >= 0.3 is 0 Å². The lowest BCUT2D eigenvalue weighted by Gasteiger charge is -2.25. The Morgan fingerprint density at radius 1 is 1.69 bits per heavy atom. The lowest BCUT2D eigenvalue weighted by molar-refractivity contribution is 0.166. The highest BCUT2D eigenvalue weighted by atomic mass is 16.5. The Bertz CT molecular complexity index is 306. The van der Waals surface area contributed by atoms with E-state index in [1.165, 1.54) is 0 Å². The van der Waals surface area contributed by atoms with E-state index >= 15 is 0 Å². The minimum Gasteiger partial charge on any atom is -0.384 e. The van der Waals surface area contributed by atoms with E-state index in [1.807, 2.05) is 10.7 Å². The van der Waals surface area contributed by atoms with E-state index < -0.39 is 0 Å². The molecule has 13 heavy (non-hydrogen) atoms. The zero-order chi connectivity index (χ0) is 9.47. The molecule has 1 aromatic rings. The van der Waals surface area contributed by atoms with Crippen LogP contribution in [0.5, 0.6) is 0 Å². The zero-order valence-corrected chi connectivity index (χ0v) is 8.03. The highest BCUT2D eigenvalue weighted by Crippen LogP contribution is 2.37. The summed E-state index contributed by atoms with van der Waals surface area (Å²) in [6, 6.07) is 2.08. The second kappa shape index (κ2) is 2.73. The van der Waals surface area contributed by atoms with E-state index in [0.717, 1.165) is 6.61 Å². The Kier molecular flexibility index (Phi) is 1.80. The Labute approximate surface area is 77.7 Å². The molecule has 1 aliphatic heterocycles. The number of ether oxygens (including phenoxy) is 1. The van der Waals surface area contributed by atoms with E-state index in [0.29, 0.717) is 12.4 Å². The van der Waals surface area contributed by atoms with Crippen LogP contribution in [0.4, 0.5) is 5.82 Å². The number of anilines is 1. The fraction of sp³-hybridized carbons (Fsp3) is 0.667. The molecular weight excluding hydrogens is 166 g/mol. The van der Waals surface area contributed by atoms with E-state index in [-0.39, 0.29) is 11.5 Å². The molecule has 0 spiro atoms. The minimum atomic E-state index is 0.125. The molecule has 0 amide bonds. The third kappa shape index (κ3) is 1.31. The molecular formula is C9H15N3O. The molecule has 1 fully saturated rings. The van der Waals surface area contributed by atoms with Crippen LogP contribution in [-0.2, 0) is 4.74 Å². The van der Waals surface area contributed by atoms with Crippen molar-refractivity contribution in [2.75, 3.05) is 18.9 Å². The molecule has 1 aliphatic rings. The van der Waals surface area contributed by atoms with Crippen LogP contribution in [0, 0.1) is 5.41 Å². The standard InChI is InChI=1S/C9H15N3O/c1-9(2)6-13-5-7(9)12-8(10)3-4-11-12/h3-4,7H,5-6,10H2,1-2H3. The number of hydrogen-bond donors (Lipinski definition) is 1. The topological polar surface area (TPSA) is 53.1 Å². The first-order valence-electron chi connectivity index (χ1n) is 4.48. The van der Waals surface area contributed by atoms with Crippen LogP contribution in [0.3, 0.4) is 0 Å². The van der Waals surface area contributed by atoms with Gasteiger partial charge in [0, 0.05) is 5.41 Å². The van der Waals surface area contributed by atoms with Gasteiger partial charge in [0.1, 0.15) is 5.82 Å². The Hall–Kier alpha value is -1.03. The third-order valence-electron chi connectivity index (χ3n) is 2.65. The van der Waals surface area contributed by atoms with Crippen LogP contribution < -0.4 is 5.73 Å². The first-order valence-corrected chi connectivity index (χ1v) is 4.48. The molecule has 1 atom stereocenters. The second-order valence-electron chi connectivity index (χ2n) is 4.22. The smallest absolute Gasteiger partial charge is 0.122 e. The predicted molar refractivity (Wildman–Crippen MR) is 50.3 cm³/mol. The van der Waals surface area contributed by atoms with Gasteiger partial charge in [-0.2, -0.15) is 5.10 Å². The van der Waals surface area contributed by atoms with Crippen molar-refractivity contribution in [3.63, 3.8) is 0 Å². The highest BCUT2D eigenvalue weighted by Gasteiger charge is 2.38. The van der Waals surface area contributed by atoms with E-state index in [9.17, 15) is 0 Å². The highest BCUT2D eigenvalue weighted by molar-refractivity contribution is 5.27. The molecule has 1 aromatic heterocycles. The number of nitrogens with two attached hydrogens (primary N) is 1. The summed E-state index contributed by atoms with van der Waals surface area (Å²) in [5.74, 6) is 0.712. The van der Waals surface area contributed by atoms with Crippen LogP contribution in [0.2, 0.25) is 0 Å². The number of nitrogens with zero attached hydrogens (tertiary/aromatic N) is 2. The van der Waals surface area contributed by atoms with E-state index in [1.54, 1.807) is 6.20 Å². The van der Waals surface area contributed by atoms with Gasteiger partial charge < -0.3 is 10.5 Å². The number of aromatic nitrogens is 2. The van der Waals surface area contributed by atoms with Gasteiger partial charge in [0.2, 0.25) is 0 Å². The van der Waals surface area contributed by atoms with Crippen LogP contribution in [-0.4, -0.2) is 23.0 Å². The monoisotopic (exact) mass is 181 g/mol. The summed E-state index contributed by atoms with van der Waals surface area (Å²) >= 11 is 0. The van der Waals surface area contributed by atoms with Gasteiger partial charge in [0.25, 0.3) is 0 Å². The molecule has 4 nitrogen and oxygen atoms in total. The maximum Gasteiger partial charge on any atom is 0.122 e. The van der Waals surface area contributed by atoms with Gasteiger partial charge in [0.15, 0.2) is 0 Å². The molecule has 2 N–H and O–H groups in total. The maximum atomic E-state index is 5.79. The minimum absolute atomic E-state index is 0.125. The summed E-state index contributed by atoms with van der Waals surface area (Å²) in [4.78, 5) is 0. The summed E-state index contributed by atoms with van der Waals surface area (Å²) in [6.45, 7) is 5.83. The molecule has 0 saturated carbocycles. The van der Waals surface area contributed by atoms with Crippen molar-refractivity contribution in [3.8, 4) is 0 Å². The Morgan fingerprint density at radius 2 is 2.46 bits per heavy atom. The van der Waals surface area contributed by atoms with E-state index in [4.69, 9.17) is 10.5 Å². The largest absolute Gasteiger partial charge is 0.384 e. The van der Waals surface area contributed by atoms with Gasteiger partial charge in [-0.15, -0.1) is 0 Å². The normalized spacial score (nSPS) is 26.5. The molecule has 2 rings (SSSR count). The van der Waals surface area contributed by atoms with Crippen LogP contribution in [0.25, 0.3) is 0 Å². The van der Waals surface area contributed by atoms with E-state index in [2.05, 4.69) is 18.9 Å². The van der Waals surface area contributed by atoms with Crippen LogP contribution in [0.1, 0.15) is 19.9 Å². The van der Waals surface area contributed by atoms with Crippen LogP contribution >= 0.6 is 0 Å². The summed E-state index contributed by atoms with van der Waals surface area (Å²) in [7, 11) is 0. The third-order valence-corrected chi connectivity index (χ3v) is 2.65. The molecule has 72 valence electrons. The number of nitrogen functional groups attached to an aromatic ring is 1. The fourth-order valence-corrected chi connectivity index (χ4v) is 1.74. The van der Waals surface area contributed by atoms with Crippen molar-refractivity contribution in [3.05, 3.63) is 12.3 Å². The van der Waals surface area contributed by atoms with Crippen LogP contribution in [0.15, 0.2) is 12.3 Å². The average Bonchev–Trinajstić information content (AvgIpc) is 2.56. The molecule has 2 heterocycles. The van der Waals surface area contributed by atoms with Crippen molar-refractivity contribution in [2.45, 2.75) is 19.9 Å². The molecule has 0 bridgehead atoms. The summed E-state index contributed by atoms with van der Waals surface area (Å²) < 4.78 is 7.29. The summed E-state index contributed by atoms with van der Waals surface area (Å²) in [5, 5.41) is 4.21. The molecule has 0 aromatic carbocycles. The molecule has 1 unspecified atom stereocenters. The van der Waals surface area contributed by atoms with Gasteiger partial charge in [-0.3, -0.25) is 0 Å². The SMILES string of the molecule is CC1(C)COCC1n1nccc1N.